The third-order valence-corrected chi connectivity index (χ3v) is 4.29. The fourth-order valence-corrected chi connectivity index (χ4v) is 3.02. The Kier molecular flexibility index (Phi) is 5.33. The largest absolute Gasteiger partial charge is 0.496 e. The Hall–Kier alpha value is -3.13. The number of nitrogens with zero attached hydrogens (tertiary/aromatic N) is 1. The number of aryl methyl sites for hydroxylation is 1. The average Bonchev–Trinajstić information content (AvgIpc) is 3.31. The first-order valence-corrected chi connectivity index (χ1v) is 8.67. The van der Waals surface area contributed by atoms with Crippen LogP contribution in [0.15, 0.2) is 46.4 Å². The molecule has 3 aromatic rings. The third-order valence-electron chi connectivity index (χ3n) is 3.54. The van der Waals surface area contributed by atoms with Gasteiger partial charge in [0.1, 0.15) is 5.75 Å². The molecule has 134 valence electrons. The maximum Gasteiger partial charge on any atom is 0.287 e. The van der Waals surface area contributed by atoms with Crippen molar-refractivity contribution in [3.63, 3.8) is 0 Å². The smallest absolute Gasteiger partial charge is 0.287 e. The molecule has 0 aliphatic carbocycles. The summed E-state index contributed by atoms with van der Waals surface area (Å²) in [6.07, 6.45) is 1.39. The number of methoxy groups -OCH3 is 1. The molecule has 0 radical (unpaired) electrons. The van der Waals surface area contributed by atoms with Gasteiger partial charge < -0.3 is 19.8 Å². The van der Waals surface area contributed by atoms with Gasteiger partial charge in [-0.1, -0.05) is 11.6 Å². The molecule has 7 nitrogen and oxygen atoms in total. The molecule has 2 aromatic heterocycles. The molecular weight excluding hydrogens is 354 g/mol. The molecule has 0 spiro atoms. The first-order valence-electron chi connectivity index (χ1n) is 7.79. The van der Waals surface area contributed by atoms with E-state index < -0.39 is 5.91 Å². The number of nitrogens with one attached hydrogen (secondary N) is 2. The van der Waals surface area contributed by atoms with Gasteiger partial charge in [0.25, 0.3) is 5.91 Å². The first-order chi connectivity index (χ1) is 12.6. The highest BCUT2D eigenvalue weighted by Gasteiger charge is 2.14. The summed E-state index contributed by atoms with van der Waals surface area (Å²) < 4.78 is 10.3. The van der Waals surface area contributed by atoms with E-state index >= 15 is 0 Å². The lowest BCUT2D eigenvalue weighted by molar-refractivity contribution is -0.115. The summed E-state index contributed by atoms with van der Waals surface area (Å²) in [7, 11) is 1.60. The molecule has 0 aliphatic rings. The van der Waals surface area contributed by atoms with E-state index in [1.54, 1.807) is 13.2 Å². The van der Waals surface area contributed by atoms with Gasteiger partial charge in [0.15, 0.2) is 10.9 Å². The van der Waals surface area contributed by atoms with Gasteiger partial charge in [0, 0.05) is 10.9 Å². The topological polar surface area (TPSA) is 93.5 Å². The first kappa shape index (κ1) is 17.7. The van der Waals surface area contributed by atoms with Crippen LogP contribution in [0.2, 0.25) is 0 Å². The van der Waals surface area contributed by atoms with E-state index in [4.69, 9.17) is 9.15 Å². The van der Waals surface area contributed by atoms with Crippen LogP contribution in [0, 0.1) is 6.92 Å². The van der Waals surface area contributed by atoms with Crippen LogP contribution < -0.4 is 15.4 Å². The molecule has 0 aliphatic heterocycles. The highest BCUT2D eigenvalue weighted by Crippen LogP contribution is 2.32. The Morgan fingerprint density at radius 2 is 2.15 bits per heavy atom. The van der Waals surface area contributed by atoms with E-state index in [0.29, 0.717) is 16.6 Å². The van der Waals surface area contributed by atoms with Crippen LogP contribution in [-0.4, -0.2) is 30.5 Å². The predicted octanol–water partition coefficient (Wildman–Crippen LogP) is 3.09. The van der Waals surface area contributed by atoms with E-state index in [2.05, 4.69) is 15.6 Å². The van der Waals surface area contributed by atoms with Gasteiger partial charge in [-0.25, -0.2) is 4.98 Å². The molecule has 8 heteroatoms. The standard InChI is InChI=1S/C18H17N3O4S/c1-11-5-6-14(24-2)12(8-11)13-10-26-18(20-13)21-16(22)9-19-17(23)15-4-3-7-25-15/h3-8,10H,9H2,1-2H3,(H,19,23)(H,20,21,22). The van der Waals surface area contributed by atoms with E-state index in [1.165, 1.54) is 23.7 Å². The fourth-order valence-electron chi connectivity index (χ4n) is 2.30. The Balaban J connectivity index is 1.62. The normalized spacial score (nSPS) is 10.4. The Morgan fingerprint density at radius 3 is 2.88 bits per heavy atom. The number of thiazole rings is 1. The molecule has 0 bridgehead atoms. The lowest BCUT2D eigenvalue weighted by Crippen LogP contribution is -2.32. The fraction of sp³-hybridized carbons (Fsp3) is 0.167. The number of benzene rings is 1. The molecule has 1 aromatic carbocycles. The van der Waals surface area contributed by atoms with Gasteiger partial charge in [-0.2, -0.15) is 0 Å². The average molecular weight is 371 g/mol. The molecule has 0 fully saturated rings. The maximum atomic E-state index is 12.0. The van der Waals surface area contributed by atoms with Gasteiger partial charge in [0.05, 0.1) is 25.6 Å². The molecule has 3 rings (SSSR count). The van der Waals surface area contributed by atoms with Crippen LogP contribution in [-0.2, 0) is 4.79 Å². The van der Waals surface area contributed by atoms with Crippen molar-refractivity contribution < 1.29 is 18.7 Å². The summed E-state index contributed by atoms with van der Waals surface area (Å²) in [4.78, 5) is 28.2. The van der Waals surface area contributed by atoms with Crippen LogP contribution in [0.3, 0.4) is 0 Å². The SMILES string of the molecule is COc1ccc(C)cc1-c1csc(NC(=O)CNC(=O)c2ccco2)n1. The zero-order chi connectivity index (χ0) is 18.5. The summed E-state index contributed by atoms with van der Waals surface area (Å²) in [5.74, 6) is 0.0434. The maximum absolute atomic E-state index is 12.0. The minimum Gasteiger partial charge on any atom is -0.496 e. The van der Waals surface area contributed by atoms with Crippen LogP contribution in [0.25, 0.3) is 11.3 Å². The van der Waals surface area contributed by atoms with E-state index in [9.17, 15) is 9.59 Å². The molecule has 0 atom stereocenters. The molecule has 0 saturated heterocycles. The number of carbonyl (C=O) groups is 2. The van der Waals surface area contributed by atoms with Crippen molar-refractivity contribution in [3.05, 3.63) is 53.3 Å². The zero-order valence-corrected chi connectivity index (χ0v) is 15.1. The van der Waals surface area contributed by atoms with Crippen molar-refractivity contribution in [1.82, 2.24) is 10.3 Å². The second-order valence-corrected chi connectivity index (χ2v) is 6.31. The molecule has 2 heterocycles. The summed E-state index contributed by atoms with van der Waals surface area (Å²) in [6, 6.07) is 8.94. The summed E-state index contributed by atoms with van der Waals surface area (Å²) in [6.45, 7) is 1.81. The van der Waals surface area contributed by atoms with Crippen molar-refractivity contribution in [2.75, 3.05) is 19.0 Å². The summed E-state index contributed by atoms with van der Waals surface area (Å²) in [5.41, 5.74) is 2.65. The van der Waals surface area contributed by atoms with Gasteiger partial charge in [0.2, 0.25) is 5.91 Å². The van der Waals surface area contributed by atoms with Crippen molar-refractivity contribution in [1.29, 1.82) is 0 Å². The lowest BCUT2D eigenvalue weighted by Gasteiger charge is -2.07. The molecule has 0 saturated carbocycles. The second kappa shape index (κ2) is 7.83. The van der Waals surface area contributed by atoms with Crippen molar-refractivity contribution in [2.24, 2.45) is 0 Å². The summed E-state index contributed by atoms with van der Waals surface area (Å²) in [5, 5.41) is 7.44. The zero-order valence-electron chi connectivity index (χ0n) is 14.2. The Labute approximate surface area is 154 Å². The number of carbonyl (C=O) groups excluding carboxylic acids is 2. The van der Waals surface area contributed by atoms with Crippen LogP contribution >= 0.6 is 11.3 Å². The van der Waals surface area contributed by atoms with Gasteiger partial charge in [-0.05, 0) is 31.2 Å². The van der Waals surface area contributed by atoms with Crippen molar-refractivity contribution in [3.8, 4) is 17.0 Å². The third kappa shape index (κ3) is 4.09. The summed E-state index contributed by atoms with van der Waals surface area (Å²) >= 11 is 1.30. The second-order valence-electron chi connectivity index (χ2n) is 5.45. The number of ether oxygens (including phenoxy) is 1. The van der Waals surface area contributed by atoms with E-state index in [-0.39, 0.29) is 18.2 Å². The predicted molar refractivity (Wildman–Crippen MR) is 98.5 cm³/mol. The van der Waals surface area contributed by atoms with Crippen LogP contribution in [0.4, 0.5) is 5.13 Å². The number of anilines is 1. The van der Waals surface area contributed by atoms with Crippen molar-refractivity contribution in [2.45, 2.75) is 6.92 Å². The lowest BCUT2D eigenvalue weighted by atomic mass is 10.1. The molecule has 26 heavy (non-hydrogen) atoms. The Morgan fingerprint density at radius 1 is 1.31 bits per heavy atom. The molecular formula is C18H17N3O4S. The van der Waals surface area contributed by atoms with Gasteiger partial charge >= 0.3 is 0 Å². The highest BCUT2D eigenvalue weighted by molar-refractivity contribution is 7.14. The number of amides is 2. The van der Waals surface area contributed by atoms with Crippen molar-refractivity contribution >= 4 is 28.3 Å². The number of hydrogen-bond acceptors (Lipinski definition) is 6. The monoisotopic (exact) mass is 371 g/mol. The van der Waals surface area contributed by atoms with Crippen LogP contribution in [0.1, 0.15) is 16.1 Å². The minimum absolute atomic E-state index is 0.154. The Bertz CT molecular complexity index is 918. The molecule has 0 unspecified atom stereocenters. The number of furan rings is 1. The highest BCUT2D eigenvalue weighted by atomic mass is 32.1. The molecule has 2 N–H and O–H groups in total. The minimum atomic E-state index is -0.450. The number of rotatable bonds is 6. The van der Waals surface area contributed by atoms with Crippen LogP contribution in [0.5, 0.6) is 5.75 Å². The van der Waals surface area contributed by atoms with Gasteiger partial charge in [-0.15, -0.1) is 11.3 Å². The molecule has 2 amide bonds. The van der Waals surface area contributed by atoms with E-state index in [1.807, 2.05) is 30.5 Å². The number of aromatic nitrogens is 1. The van der Waals surface area contributed by atoms with Gasteiger partial charge in [-0.3, -0.25) is 9.59 Å². The number of hydrogen-bond donors (Lipinski definition) is 2. The quantitative estimate of drug-likeness (QED) is 0.694. The van der Waals surface area contributed by atoms with E-state index in [0.717, 1.165) is 11.1 Å².